The molecule has 2 aromatic heterocycles. The molecule has 22 heavy (non-hydrogen) atoms. The summed E-state index contributed by atoms with van der Waals surface area (Å²) in [6.07, 6.45) is 4.74. The van der Waals surface area contributed by atoms with Crippen LogP contribution in [0.25, 0.3) is 0 Å². The van der Waals surface area contributed by atoms with Crippen LogP contribution in [0.3, 0.4) is 0 Å². The predicted octanol–water partition coefficient (Wildman–Crippen LogP) is 2.69. The van der Waals surface area contributed by atoms with Gasteiger partial charge in [-0.25, -0.2) is 18.4 Å². The van der Waals surface area contributed by atoms with Crippen LogP contribution in [0, 0.1) is 6.92 Å². The molecule has 0 unspecified atom stereocenters. The van der Waals surface area contributed by atoms with Gasteiger partial charge in [0, 0.05) is 18.1 Å². The van der Waals surface area contributed by atoms with E-state index in [4.69, 9.17) is 0 Å². The van der Waals surface area contributed by atoms with E-state index in [1.165, 1.54) is 21.9 Å². The molecule has 1 saturated heterocycles. The molecule has 0 aliphatic carbocycles. The van der Waals surface area contributed by atoms with E-state index in [-0.39, 0.29) is 6.04 Å². The molecule has 0 amide bonds. The fraction of sp³-hybridized carbons (Fsp3) is 0.429. The van der Waals surface area contributed by atoms with Crippen molar-refractivity contribution in [1.29, 1.82) is 0 Å². The van der Waals surface area contributed by atoms with Crippen LogP contribution in [0.4, 0.5) is 10.9 Å². The Balaban J connectivity index is 1.77. The van der Waals surface area contributed by atoms with Gasteiger partial charge in [-0.3, -0.25) is 0 Å². The Labute approximate surface area is 134 Å². The average Bonchev–Trinajstić information content (AvgIpc) is 3.09. The molecule has 1 atom stereocenters. The minimum absolute atomic E-state index is 0.146. The van der Waals surface area contributed by atoms with Crippen molar-refractivity contribution in [2.24, 2.45) is 0 Å². The normalized spacial score (nSPS) is 19.5. The van der Waals surface area contributed by atoms with Crippen LogP contribution < -0.4 is 5.32 Å². The van der Waals surface area contributed by atoms with Crippen LogP contribution >= 0.6 is 11.3 Å². The molecule has 1 aliphatic rings. The number of sulfonamides is 1. The van der Waals surface area contributed by atoms with E-state index in [1.54, 1.807) is 6.20 Å². The summed E-state index contributed by atoms with van der Waals surface area (Å²) in [7, 11) is -3.19. The number of rotatable bonds is 4. The summed E-state index contributed by atoms with van der Waals surface area (Å²) in [6.45, 7) is 2.56. The van der Waals surface area contributed by atoms with Crippen LogP contribution in [-0.4, -0.2) is 35.5 Å². The number of hydrogen-bond donors (Lipinski definition) is 1. The Kier molecular flexibility index (Phi) is 4.16. The third kappa shape index (κ3) is 3.29. The lowest BCUT2D eigenvalue weighted by molar-refractivity contribution is 0.395. The topological polar surface area (TPSA) is 75.2 Å². The molecule has 1 fully saturated rings. The SMILES string of the molecule is Cc1ccc(Nc2nc([C@@H]3CCCN3S(C)(=O)=O)cs2)nc1. The van der Waals surface area contributed by atoms with Crippen molar-refractivity contribution in [1.82, 2.24) is 14.3 Å². The van der Waals surface area contributed by atoms with Crippen molar-refractivity contribution in [3.63, 3.8) is 0 Å². The van der Waals surface area contributed by atoms with Gasteiger partial charge in [0.15, 0.2) is 5.13 Å². The molecule has 3 heterocycles. The minimum atomic E-state index is -3.19. The number of hydrogen-bond acceptors (Lipinski definition) is 6. The van der Waals surface area contributed by atoms with Crippen molar-refractivity contribution in [3.8, 4) is 0 Å². The van der Waals surface area contributed by atoms with Crippen LogP contribution in [0.2, 0.25) is 0 Å². The highest BCUT2D eigenvalue weighted by Gasteiger charge is 2.34. The van der Waals surface area contributed by atoms with E-state index in [9.17, 15) is 8.42 Å². The number of aryl methyl sites for hydroxylation is 1. The summed E-state index contributed by atoms with van der Waals surface area (Å²) in [4.78, 5) is 8.82. The zero-order valence-corrected chi connectivity index (χ0v) is 14.1. The molecule has 0 bridgehead atoms. The lowest BCUT2D eigenvalue weighted by atomic mass is 10.2. The highest BCUT2D eigenvalue weighted by Crippen LogP contribution is 2.35. The molecule has 8 heteroatoms. The number of anilines is 2. The van der Waals surface area contributed by atoms with Crippen molar-refractivity contribution in [2.45, 2.75) is 25.8 Å². The Morgan fingerprint density at radius 1 is 1.41 bits per heavy atom. The van der Waals surface area contributed by atoms with Gasteiger partial charge in [0.1, 0.15) is 5.82 Å². The molecule has 3 rings (SSSR count). The zero-order chi connectivity index (χ0) is 15.7. The first-order valence-electron chi connectivity index (χ1n) is 7.05. The van der Waals surface area contributed by atoms with E-state index < -0.39 is 10.0 Å². The lowest BCUT2D eigenvalue weighted by Crippen LogP contribution is -2.29. The average molecular weight is 338 g/mol. The number of aromatic nitrogens is 2. The fourth-order valence-corrected chi connectivity index (χ4v) is 4.48. The highest BCUT2D eigenvalue weighted by atomic mass is 32.2. The summed E-state index contributed by atoms with van der Waals surface area (Å²) in [5.41, 5.74) is 1.91. The second-order valence-corrected chi connectivity index (χ2v) is 8.25. The third-order valence-corrected chi connectivity index (χ3v) is 5.70. The molecule has 0 radical (unpaired) electrons. The van der Waals surface area contributed by atoms with Gasteiger partial charge < -0.3 is 5.32 Å². The molecule has 1 aliphatic heterocycles. The largest absolute Gasteiger partial charge is 0.316 e. The fourth-order valence-electron chi connectivity index (χ4n) is 2.58. The van der Waals surface area contributed by atoms with E-state index in [1.807, 2.05) is 24.4 Å². The van der Waals surface area contributed by atoms with Crippen LogP contribution in [0.1, 0.15) is 30.1 Å². The Hall–Kier alpha value is -1.51. The maximum absolute atomic E-state index is 11.8. The standard InChI is InChI=1S/C14H18N4O2S2/c1-10-5-6-13(15-8-10)17-14-16-11(9-21-14)12-4-3-7-18(12)22(2,19)20/h5-6,8-9,12H,3-4,7H2,1-2H3,(H,15,16,17)/t12-/m0/s1. The third-order valence-electron chi connectivity index (χ3n) is 3.64. The van der Waals surface area contributed by atoms with Gasteiger partial charge in [-0.15, -0.1) is 11.3 Å². The van der Waals surface area contributed by atoms with Gasteiger partial charge >= 0.3 is 0 Å². The van der Waals surface area contributed by atoms with Crippen molar-refractivity contribution >= 4 is 32.3 Å². The number of pyridine rings is 1. The van der Waals surface area contributed by atoms with Crippen molar-refractivity contribution in [3.05, 3.63) is 35.0 Å². The second-order valence-electron chi connectivity index (χ2n) is 5.46. The van der Waals surface area contributed by atoms with E-state index >= 15 is 0 Å². The van der Waals surface area contributed by atoms with Crippen molar-refractivity contribution in [2.75, 3.05) is 18.1 Å². The van der Waals surface area contributed by atoms with Gasteiger partial charge in [-0.05, 0) is 31.4 Å². The number of thiazole rings is 1. The van der Waals surface area contributed by atoms with Gasteiger partial charge in [0.05, 0.1) is 18.0 Å². The summed E-state index contributed by atoms with van der Waals surface area (Å²) in [6, 6.07) is 3.73. The van der Waals surface area contributed by atoms with Gasteiger partial charge in [-0.1, -0.05) is 6.07 Å². The molecule has 2 aromatic rings. The quantitative estimate of drug-likeness (QED) is 0.927. The van der Waals surface area contributed by atoms with Gasteiger partial charge in [0.2, 0.25) is 10.0 Å². The molecule has 118 valence electrons. The van der Waals surface area contributed by atoms with E-state index in [0.29, 0.717) is 6.54 Å². The van der Waals surface area contributed by atoms with E-state index in [2.05, 4.69) is 15.3 Å². The maximum Gasteiger partial charge on any atom is 0.211 e. The zero-order valence-electron chi connectivity index (χ0n) is 12.5. The lowest BCUT2D eigenvalue weighted by Gasteiger charge is -2.20. The molecule has 6 nitrogen and oxygen atoms in total. The van der Waals surface area contributed by atoms with Gasteiger partial charge in [-0.2, -0.15) is 4.31 Å². The van der Waals surface area contributed by atoms with Crippen LogP contribution in [0.15, 0.2) is 23.7 Å². The molecular weight excluding hydrogens is 320 g/mol. The Bertz CT molecular complexity index is 755. The maximum atomic E-state index is 11.8. The Morgan fingerprint density at radius 2 is 2.23 bits per heavy atom. The molecule has 1 N–H and O–H groups in total. The summed E-state index contributed by atoms with van der Waals surface area (Å²) >= 11 is 1.46. The van der Waals surface area contributed by atoms with Crippen LogP contribution in [-0.2, 0) is 10.0 Å². The number of nitrogens with zero attached hydrogens (tertiary/aromatic N) is 3. The van der Waals surface area contributed by atoms with Gasteiger partial charge in [0.25, 0.3) is 0 Å². The second kappa shape index (κ2) is 5.94. The first kappa shape index (κ1) is 15.4. The first-order valence-corrected chi connectivity index (χ1v) is 9.78. The smallest absolute Gasteiger partial charge is 0.211 e. The Morgan fingerprint density at radius 3 is 2.91 bits per heavy atom. The predicted molar refractivity (Wildman–Crippen MR) is 87.9 cm³/mol. The minimum Gasteiger partial charge on any atom is -0.316 e. The number of nitrogens with one attached hydrogen (secondary N) is 1. The molecular formula is C14H18N4O2S2. The summed E-state index contributed by atoms with van der Waals surface area (Å²) < 4.78 is 25.2. The monoisotopic (exact) mass is 338 g/mol. The van der Waals surface area contributed by atoms with E-state index in [0.717, 1.165) is 35.0 Å². The summed E-state index contributed by atoms with van der Waals surface area (Å²) in [5.74, 6) is 0.734. The summed E-state index contributed by atoms with van der Waals surface area (Å²) in [5, 5.41) is 5.81. The molecule has 0 saturated carbocycles. The molecule has 0 spiro atoms. The molecule has 0 aromatic carbocycles. The highest BCUT2D eigenvalue weighted by molar-refractivity contribution is 7.88. The van der Waals surface area contributed by atoms with Crippen molar-refractivity contribution < 1.29 is 8.42 Å². The van der Waals surface area contributed by atoms with Crippen LogP contribution in [0.5, 0.6) is 0 Å². The first-order chi connectivity index (χ1) is 10.4.